The van der Waals surface area contributed by atoms with E-state index in [4.69, 9.17) is 11.6 Å². The van der Waals surface area contributed by atoms with E-state index in [1.165, 1.54) is 0 Å². The molecule has 0 N–H and O–H groups in total. The second-order valence-electron chi connectivity index (χ2n) is 5.25. The fraction of sp³-hybridized carbons (Fsp3) is 0.111. The first kappa shape index (κ1) is 14.5. The van der Waals surface area contributed by atoms with Crippen molar-refractivity contribution in [2.75, 3.05) is 19.0 Å². The van der Waals surface area contributed by atoms with Crippen LogP contribution in [0.2, 0.25) is 5.02 Å². The van der Waals surface area contributed by atoms with Crippen LogP contribution in [0.1, 0.15) is 5.56 Å². The lowest BCUT2D eigenvalue weighted by Gasteiger charge is -2.17. The van der Waals surface area contributed by atoms with E-state index in [0.717, 1.165) is 33.4 Å². The fourth-order valence-corrected chi connectivity index (χ4v) is 2.74. The Labute approximate surface area is 134 Å². The van der Waals surface area contributed by atoms with Gasteiger partial charge in [0.15, 0.2) is 0 Å². The molecule has 0 fully saturated rings. The van der Waals surface area contributed by atoms with Crippen molar-refractivity contribution >= 4 is 34.4 Å². The standard InChI is InChI=1S/C18H16ClN3/c1-4-12-5-6-13(9-17(12)22(2)3)15-10-14(19)11-16-18(15)21-8-7-20-16/h4-11H,1H2,2-3H3. The summed E-state index contributed by atoms with van der Waals surface area (Å²) in [6.07, 6.45) is 5.23. The van der Waals surface area contributed by atoms with Crippen molar-refractivity contribution in [2.45, 2.75) is 0 Å². The average Bonchev–Trinajstić information content (AvgIpc) is 2.53. The number of hydrogen-bond donors (Lipinski definition) is 0. The van der Waals surface area contributed by atoms with Crippen molar-refractivity contribution in [3.05, 3.63) is 59.9 Å². The highest BCUT2D eigenvalue weighted by molar-refractivity contribution is 6.31. The zero-order valence-corrected chi connectivity index (χ0v) is 13.3. The molecule has 0 spiro atoms. The Morgan fingerprint density at radius 3 is 2.59 bits per heavy atom. The highest BCUT2D eigenvalue weighted by atomic mass is 35.5. The molecule has 4 heteroatoms. The number of anilines is 1. The maximum Gasteiger partial charge on any atom is 0.0966 e. The molecule has 0 aliphatic rings. The lowest BCUT2D eigenvalue weighted by molar-refractivity contribution is 1.13. The number of aromatic nitrogens is 2. The highest BCUT2D eigenvalue weighted by Gasteiger charge is 2.10. The summed E-state index contributed by atoms with van der Waals surface area (Å²) in [4.78, 5) is 10.9. The Balaban J connectivity index is 2.28. The quantitative estimate of drug-likeness (QED) is 0.704. The molecule has 0 atom stereocenters. The van der Waals surface area contributed by atoms with E-state index < -0.39 is 0 Å². The Morgan fingerprint density at radius 1 is 1.09 bits per heavy atom. The van der Waals surface area contributed by atoms with Crippen molar-refractivity contribution in [1.29, 1.82) is 0 Å². The van der Waals surface area contributed by atoms with E-state index in [-0.39, 0.29) is 0 Å². The number of rotatable bonds is 3. The van der Waals surface area contributed by atoms with Crippen LogP contribution in [0, 0.1) is 0 Å². The first-order valence-electron chi connectivity index (χ1n) is 6.94. The van der Waals surface area contributed by atoms with Crippen molar-refractivity contribution in [3.8, 4) is 11.1 Å². The van der Waals surface area contributed by atoms with Crippen molar-refractivity contribution in [1.82, 2.24) is 9.97 Å². The van der Waals surface area contributed by atoms with Crippen molar-refractivity contribution in [3.63, 3.8) is 0 Å². The minimum Gasteiger partial charge on any atom is -0.377 e. The second kappa shape index (κ2) is 5.78. The van der Waals surface area contributed by atoms with Gasteiger partial charge in [0.05, 0.1) is 11.0 Å². The first-order valence-corrected chi connectivity index (χ1v) is 7.32. The summed E-state index contributed by atoms with van der Waals surface area (Å²) in [5.41, 5.74) is 5.87. The molecule has 3 nitrogen and oxygen atoms in total. The Bertz CT molecular complexity index is 856. The SMILES string of the molecule is C=Cc1ccc(-c2cc(Cl)cc3nccnc23)cc1N(C)C. The average molecular weight is 310 g/mol. The molecule has 3 aromatic rings. The van der Waals surface area contributed by atoms with Gasteiger partial charge in [0.2, 0.25) is 0 Å². The molecular weight excluding hydrogens is 294 g/mol. The van der Waals surface area contributed by atoms with E-state index in [0.29, 0.717) is 5.02 Å². The van der Waals surface area contributed by atoms with Crippen LogP contribution in [-0.2, 0) is 0 Å². The van der Waals surface area contributed by atoms with Gasteiger partial charge in [-0.25, -0.2) is 0 Å². The third kappa shape index (κ3) is 2.55. The molecule has 0 aliphatic carbocycles. The molecule has 0 aliphatic heterocycles. The molecule has 1 aromatic heterocycles. The highest BCUT2D eigenvalue weighted by Crippen LogP contribution is 2.33. The minimum absolute atomic E-state index is 0.655. The lowest BCUT2D eigenvalue weighted by Crippen LogP contribution is -2.10. The predicted molar refractivity (Wildman–Crippen MR) is 94.4 cm³/mol. The molecular formula is C18H16ClN3. The van der Waals surface area contributed by atoms with Crippen molar-refractivity contribution in [2.24, 2.45) is 0 Å². The van der Waals surface area contributed by atoms with Crippen molar-refractivity contribution < 1.29 is 0 Å². The van der Waals surface area contributed by atoms with Gasteiger partial charge in [-0.05, 0) is 29.3 Å². The topological polar surface area (TPSA) is 29.0 Å². The molecule has 0 saturated heterocycles. The van der Waals surface area contributed by atoms with Gasteiger partial charge in [0, 0.05) is 42.8 Å². The summed E-state index contributed by atoms with van der Waals surface area (Å²) in [6.45, 7) is 3.87. The van der Waals surface area contributed by atoms with Gasteiger partial charge >= 0.3 is 0 Å². The van der Waals surface area contributed by atoms with Gasteiger partial charge in [0.25, 0.3) is 0 Å². The smallest absolute Gasteiger partial charge is 0.0966 e. The van der Waals surface area contributed by atoms with E-state index in [2.05, 4.69) is 39.6 Å². The zero-order valence-electron chi connectivity index (χ0n) is 12.5. The molecule has 0 saturated carbocycles. The van der Waals surface area contributed by atoms with Gasteiger partial charge in [-0.2, -0.15) is 0 Å². The Hall–Kier alpha value is -2.39. The molecule has 0 radical (unpaired) electrons. The third-order valence-corrected chi connectivity index (χ3v) is 3.80. The summed E-state index contributed by atoms with van der Waals surface area (Å²) in [6, 6.07) is 10.0. The van der Waals surface area contributed by atoms with Crippen LogP contribution in [0.25, 0.3) is 28.2 Å². The van der Waals surface area contributed by atoms with Crippen LogP contribution in [0.4, 0.5) is 5.69 Å². The number of halogens is 1. The molecule has 22 heavy (non-hydrogen) atoms. The zero-order chi connectivity index (χ0) is 15.7. The summed E-state index contributed by atoms with van der Waals surface area (Å²) < 4.78 is 0. The van der Waals surface area contributed by atoms with E-state index >= 15 is 0 Å². The van der Waals surface area contributed by atoms with Crippen LogP contribution >= 0.6 is 11.6 Å². The van der Waals surface area contributed by atoms with Crippen LogP contribution in [-0.4, -0.2) is 24.1 Å². The summed E-state index contributed by atoms with van der Waals surface area (Å²) in [7, 11) is 4.03. The summed E-state index contributed by atoms with van der Waals surface area (Å²) in [5, 5.41) is 0.655. The van der Waals surface area contributed by atoms with Crippen LogP contribution in [0.5, 0.6) is 0 Å². The van der Waals surface area contributed by atoms with Crippen LogP contribution in [0.15, 0.2) is 49.3 Å². The van der Waals surface area contributed by atoms with Gasteiger partial charge in [-0.3, -0.25) is 9.97 Å². The van der Waals surface area contributed by atoms with Gasteiger partial charge in [-0.1, -0.05) is 36.4 Å². The Kier molecular flexibility index (Phi) is 3.82. The molecule has 2 aromatic carbocycles. The monoisotopic (exact) mass is 309 g/mol. The number of hydrogen-bond acceptors (Lipinski definition) is 3. The molecule has 0 unspecified atom stereocenters. The largest absolute Gasteiger partial charge is 0.377 e. The Morgan fingerprint density at radius 2 is 1.86 bits per heavy atom. The third-order valence-electron chi connectivity index (χ3n) is 3.58. The molecule has 0 bridgehead atoms. The normalized spacial score (nSPS) is 10.7. The lowest BCUT2D eigenvalue weighted by atomic mass is 10.0. The van der Waals surface area contributed by atoms with Crippen LogP contribution < -0.4 is 4.90 Å². The first-order chi connectivity index (χ1) is 10.6. The molecule has 0 amide bonds. The van der Waals surface area contributed by atoms with Gasteiger partial charge < -0.3 is 4.90 Å². The maximum absolute atomic E-state index is 6.24. The number of nitrogens with zero attached hydrogens (tertiary/aromatic N) is 3. The van der Waals surface area contributed by atoms with Gasteiger partial charge in [0.1, 0.15) is 0 Å². The van der Waals surface area contributed by atoms with Crippen LogP contribution in [0.3, 0.4) is 0 Å². The number of benzene rings is 2. The minimum atomic E-state index is 0.655. The molecule has 1 heterocycles. The van der Waals surface area contributed by atoms with Gasteiger partial charge in [-0.15, -0.1) is 0 Å². The predicted octanol–water partition coefficient (Wildman–Crippen LogP) is 4.66. The molecule has 110 valence electrons. The summed E-state index contributed by atoms with van der Waals surface area (Å²) >= 11 is 6.24. The maximum atomic E-state index is 6.24. The second-order valence-corrected chi connectivity index (χ2v) is 5.69. The number of fused-ring (bicyclic) bond motifs is 1. The van der Waals surface area contributed by atoms with E-state index in [9.17, 15) is 0 Å². The fourth-order valence-electron chi connectivity index (χ4n) is 2.53. The summed E-state index contributed by atoms with van der Waals surface area (Å²) in [5.74, 6) is 0. The van der Waals surface area contributed by atoms with E-state index in [1.807, 2.05) is 32.3 Å². The van der Waals surface area contributed by atoms with E-state index in [1.54, 1.807) is 12.4 Å². The molecule has 3 rings (SSSR count).